The normalized spacial score (nSPS) is 13.8. The summed E-state index contributed by atoms with van der Waals surface area (Å²) in [6, 6.07) is 2.89. The van der Waals surface area contributed by atoms with Crippen LogP contribution in [0, 0.1) is 0 Å². The van der Waals surface area contributed by atoms with E-state index in [1.807, 2.05) is 24.3 Å². The van der Waals surface area contributed by atoms with Gasteiger partial charge in [0.25, 0.3) is 0 Å². The minimum atomic E-state index is -1.24. The number of H-pyrrole nitrogens is 2. The lowest BCUT2D eigenvalue weighted by Crippen LogP contribution is -2.58. The van der Waals surface area contributed by atoms with E-state index in [0.29, 0.717) is 18.5 Å². The fourth-order valence-electron chi connectivity index (χ4n) is 5.35. The van der Waals surface area contributed by atoms with Crippen molar-refractivity contribution in [2.24, 2.45) is 0 Å². The molecule has 54 heavy (non-hydrogen) atoms. The molecule has 0 unspecified atom stereocenters. The molecular formula is C37H54N8O9. The zero-order valence-electron chi connectivity index (χ0n) is 32.2. The van der Waals surface area contributed by atoms with Gasteiger partial charge in [-0.25, -0.2) is 19.4 Å². The van der Waals surface area contributed by atoms with Crippen LogP contribution in [0.4, 0.5) is 9.59 Å². The van der Waals surface area contributed by atoms with E-state index in [9.17, 15) is 28.8 Å². The number of rotatable bonds is 17. The Morgan fingerprint density at radius 1 is 0.759 bits per heavy atom. The van der Waals surface area contributed by atoms with Crippen LogP contribution in [-0.4, -0.2) is 99.9 Å². The van der Waals surface area contributed by atoms with Gasteiger partial charge in [-0.3, -0.25) is 14.4 Å². The molecule has 0 aliphatic heterocycles. The van der Waals surface area contributed by atoms with Crippen LogP contribution < -0.4 is 26.6 Å². The van der Waals surface area contributed by atoms with Gasteiger partial charge in [-0.2, -0.15) is 0 Å². The molecule has 2 heterocycles. The van der Waals surface area contributed by atoms with Gasteiger partial charge >= 0.3 is 18.2 Å². The number of para-hydroxylation sites is 1. The van der Waals surface area contributed by atoms with Gasteiger partial charge in [-0.05, 0) is 79.4 Å². The number of aromatic amines is 2. The van der Waals surface area contributed by atoms with Crippen molar-refractivity contribution in [1.82, 2.24) is 41.5 Å². The number of carbonyl (C=O) groups excluding carboxylic acids is 6. The number of carbonyl (C=O) groups is 6. The third kappa shape index (κ3) is 14.4. The Labute approximate surface area is 314 Å². The number of hydrogen-bond donors (Lipinski definition) is 7. The Hall–Kier alpha value is -5.61. The number of aromatic nitrogens is 3. The quantitative estimate of drug-likeness (QED) is 0.0605. The van der Waals surface area contributed by atoms with Gasteiger partial charge in [0, 0.05) is 48.4 Å². The number of nitrogens with one attached hydrogen (secondary N) is 7. The van der Waals surface area contributed by atoms with Gasteiger partial charge in [0.2, 0.25) is 17.7 Å². The summed E-state index contributed by atoms with van der Waals surface area (Å²) < 4.78 is 15.4. The third-order valence-corrected chi connectivity index (χ3v) is 7.85. The molecule has 0 bridgehead atoms. The largest absolute Gasteiger partial charge is 0.467 e. The summed E-state index contributed by atoms with van der Waals surface area (Å²) >= 11 is 0. The molecule has 17 heteroatoms. The molecule has 3 rings (SSSR count). The van der Waals surface area contributed by atoms with Crippen molar-refractivity contribution in [2.45, 2.75) is 116 Å². The van der Waals surface area contributed by atoms with Crippen molar-refractivity contribution in [3.05, 3.63) is 54.2 Å². The topological polar surface area (TPSA) is 235 Å². The standard InChI is InChI=1S/C37H54N8O9/c1-22(33(49)52-8)42-31(47)28(17-23-19-40-26-14-10-9-13-25(23)26)43-32(48)29(18-24-20-38-21-41-24)44-30(46)27(45-35(51)54-37(5,6)7)15-11-12-16-39-34(50)53-36(2,3)4/h9-10,13-14,19-22,27-29,40H,11-12,15-18H2,1-8H3,(H,38,41)(H,39,50)(H,42,47)(H,43,48)(H,44,46)(H,45,51)/t22-,27-,28+,29-/m0/s1. The van der Waals surface area contributed by atoms with Crippen molar-refractivity contribution in [3.8, 4) is 0 Å². The average molecular weight is 755 g/mol. The zero-order chi connectivity index (χ0) is 40.1. The van der Waals surface area contributed by atoms with E-state index in [4.69, 9.17) is 14.2 Å². The lowest BCUT2D eigenvalue weighted by molar-refractivity contribution is -0.144. The maximum absolute atomic E-state index is 14.1. The fourth-order valence-corrected chi connectivity index (χ4v) is 5.35. The number of amides is 5. The van der Waals surface area contributed by atoms with Crippen molar-refractivity contribution < 1.29 is 43.0 Å². The van der Waals surface area contributed by atoms with E-state index in [1.165, 1.54) is 26.6 Å². The van der Waals surface area contributed by atoms with Crippen LogP contribution in [0.15, 0.2) is 43.0 Å². The molecule has 3 aromatic rings. The first-order chi connectivity index (χ1) is 25.3. The first-order valence-electron chi connectivity index (χ1n) is 17.8. The van der Waals surface area contributed by atoms with Crippen LogP contribution in [0.1, 0.15) is 79.0 Å². The molecule has 0 saturated heterocycles. The molecule has 0 fully saturated rings. The van der Waals surface area contributed by atoms with Gasteiger partial charge in [-0.15, -0.1) is 0 Å². The Morgan fingerprint density at radius 2 is 1.37 bits per heavy atom. The first kappa shape index (κ1) is 42.8. The van der Waals surface area contributed by atoms with Crippen molar-refractivity contribution >= 4 is 46.8 Å². The summed E-state index contributed by atoms with van der Waals surface area (Å²) in [7, 11) is 1.20. The second kappa shape index (κ2) is 19.5. The fraction of sp³-hybridized carbons (Fsp3) is 0.541. The Morgan fingerprint density at radius 3 is 2.00 bits per heavy atom. The Balaban J connectivity index is 1.83. The molecule has 0 radical (unpaired) electrons. The highest BCUT2D eigenvalue weighted by atomic mass is 16.6. The summed E-state index contributed by atoms with van der Waals surface area (Å²) in [6.45, 7) is 12.0. The highest BCUT2D eigenvalue weighted by Crippen LogP contribution is 2.20. The monoisotopic (exact) mass is 754 g/mol. The van der Waals surface area contributed by atoms with Gasteiger partial charge in [-0.1, -0.05) is 18.2 Å². The number of alkyl carbamates (subject to hydrolysis) is 2. The summed E-state index contributed by atoms with van der Waals surface area (Å²) in [5.41, 5.74) is 0.558. The van der Waals surface area contributed by atoms with Gasteiger partial charge in [0.05, 0.1) is 13.4 Å². The number of benzene rings is 1. The van der Waals surface area contributed by atoms with E-state index in [1.54, 1.807) is 47.7 Å². The van der Waals surface area contributed by atoms with E-state index in [2.05, 4.69) is 41.5 Å². The van der Waals surface area contributed by atoms with Gasteiger partial charge in [0.15, 0.2) is 0 Å². The second-order valence-electron chi connectivity index (χ2n) is 14.8. The predicted octanol–water partition coefficient (Wildman–Crippen LogP) is 2.91. The molecule has 0 spiro atoms. The van der Waals surface area contributed by atoms with E-state index >= 15 is 0 Å². The summed E-state index contributed by atoms with van der Waals surface area (Å²) in [5.74, 6) is -2.71. The SMILES string of the molecule is COC(=O)[C@H](C)NC(=O)[C@@H](Cc1c[nH]c2ccccc12)NC(=O)[C@H](Cc1cnc[nH]1)NC(=O)[C@H](CCCCNC(=O)OC(C)(C)C)NC(=O)OC(C)(C)C. The molecule has 4 atom stereocenters. The Kier molecular flexibility index (Phi) is 15.4. The highest BCUT2D eigenvalue weighted by molar-refractivity contribution is 5.95. The average Bonchev–Trinajstić information content (AvgIpc) is 3.75. The van der Waals surface area contributed by atoms with E-state index < -0.39 is 71.2 Å². The minimum Gasteiger partial charge on any atom is -0.467 e. The highest BCUT2D eigenvalue weighted by Gasteiger charge is 2.32. The number of fused-ring (bicyclic) bond motifs is 1. The summed E-state index contributed by atoms with van der Waals surface area (Å²) in [6.07, 6.45) is 4.22. The number of ether oxygens (including phenoxy) is 3. The number of imidazole rings is 1. The maximum atomic E-state index is 14.1. The maximum Gasteiger partial charge on any atom is 0.408 e. The lowest BCUT2D eigenvalue weighted by atomic mass is 10.0. The zero-order valence-corrected chi connectivity index (χ0v) is 32.2. The predicted molar refractivity (Wildman–Crippen MR) is 199 cm³/mol. The molecular weight excluding hydrogens is 700 g/mol. The molecule has 5 amide bonds. The molecule has 1 aromatic carbocycles. The molecule has 0 saturated carbocycles. The number of nitrogens with zero attached hydrogens (tertiary/aromatic N) is 1. The molecule has 2 aromatic heterocycles. The third-order valence-electron chi connectivity index (χ3n) is 7.85. The molecule has 0 aliphatic carbocycles. The minimum absolute atomic E-state index is 0.0420. The summed E-state index contributed by atoms with van der Waals surface area (Å²) in [4.78, 5) is 88.7. The number of methoxy groups -OCH3 is 1. The van der Waals surface area contributed by atoms with Gasteiger partial charge in [0.1, 0.15) is 35.4 Å². The number of unbranched alkanes of at least 4 members (excludes halogenated alkanes) is 1. The van der Waals surface area contributed by atoms with Gasteiger partial charge < -0.3 is 50.8 Å². The smallest absolute Gasteiger partial charge is 0.408 e. The Bertz CT molecular complexity index is 1730. The molecule has 296 valence electrons. The van der Waals surface area contributed by atoms with Crippen LogP contribution in [0.5, 0.6) is 0 Å². The molecule has 17 nitrogen and oxygen atoms in total. The van der Waals surface area contributed by atoms with Crippen LogP contribution in [0.25, 0.3) is 10.9 Å². The van der Waals surface area contributed by atoms with Crippen LogP contribution in [-0.2, 0) is 46.2 Å². The van der Waals surface area contributed by atoms with Crippen molar-refractivity contribution in [3.63, 3.8) is 0 Å². The van der Waals surface area contributed by atoms with Crippen molar-refractivity contribution in [1.29, 1.82) is 0 Å². The second-order valence-corrected chi connectivity index (χ2v) is 14.8. The van der Waals surface area contributed by atoms with Crippen LogP contribution in [0.2, 0.25) is 0 Å². The number of esters is 1. The molecule has 0 aliphatic rings. The summed E-state index contributed by atoms with van der Waals surface area (Å²) in [5, 5.41) is 14.2. The van der Waals surface area contributed by atoms with Crippen LogP contribution >= 0.6 is 0 Å². The first-order valence-corrected chi connectivity index (χ1v) is 17.8. The van der Waals surface area contributed by atoms with E-state index in [0.717, 1.165) is 16.5 Å². The van der Waals surface area contributed by atoms with Crippen molar-refractivity contribution in [2.75, 3.05) is 13.7 Å². The molecule has 7 N–H and O–H groups in total. The lowest BCUT2D eigenvalue weighted by Gasteiger charge is -2.26. The van der Waals surface area contributed by atoms with Crippen LogP contribution in [0.3, 0.4) is 0 Å². The van der Waals surface area contributed by atoms with E-state index in [-0.39, 0.29) is 25.8 Å². The number of hydrogen-bond acceptors (Lipinski definition) is 10.